The molecule has 5 heteroatoms. The molecule has 1 aliphatic carbocycles. The Hall–Kier alpha value is -0.870. The van der Waals surface area contributed by atoms with E-state index in [2.05, 4.69) is 27.1 Å². The lowest BCUT2D eigenvalue weighted by Gasteiger charge is -2.17. The van der Waals surface area contributed by atoms with Crippen LogP contribution in [-0.4, -0.2) is 40.0 Å². The van der Waals surface area contributed by atoms with Crippen LogP contribution in [0, 0.1) is 0 Å². The summed E-state index contributed by atoms with van der Waals surface area (Å²) in [5, 5.41) is 4.11. The zero-order chi connectivity index (χ0) is 12.5. The van der Waals surface area contributed by atoms with E-state index in [0.717, 1.165) is 30.4 Å². The molecule has 1 unspecified atom stereocenters. The van der Waals surface area contributed by atoms with Gasteiger partial charge in [0.2, 0.25) is 0 Å². The van der Waals surface area contributed by atoms with Crippen molar-refractivity contribution in [3.05, 3.63) is 17.0 Å². The summed E-state index contributed by atoms with van der Waals surface area (Å²) in [4.78, 5) is 11.0. The maximum absolute atomic E-state index is 6.10. The van der Waals surface area contributed by atoms with E-state index in [1.54, 1.807) is 0 Å². The molecular formula is C13H19ClN4. The molecule has 1 aromatic heterocycles. The highest BCUT2D eigenvalue weighted by atomic mass is 35.5. The van der Waals surface area contributed by atoms with Gasteiger partial charge in [0, 0.05) is 30.7 Å². The van der Waals surface area contributed by atoms with Crippen molar-refractivity contribution in [3.8, 4) is 0 Å². The van der Waals surface area contributed by atoms with E-state index >= 15 is 0 Å². The molecule has 1 atom stereocenters. The number of nitrogens with zero attached hydrogens (tertiary/aromatic N) is 3. The fraction of sp³-hybridized carbons (Fsp3) is 0.692. The third-order valence-corrected chi connectivity index (χ3v) is 4.20. The lowest BCUT2D eigenvalue weighted by Crippen LogP contribution is -2.28. The summed E-state index contributed by atoms with van der Waals surface area (Å²) in [6.07, 6.45) is 6.36. The summed E-state index contributed by atoms with van der Waals surface area (Å²) in [6, 6.07) is 1.36. The normalized spacial score (nSPS) is 24.4. The highest BCUT2D eigenvalue weighted by molar-refractivity contribution is 6.30. The zero-order valence-corrected chi connectivity index (χ0v) is 11.5. The van der Waals surface area contributed by atoms with Gasteiger partial charge in [0.1, 0.15) is 17.3 Å². The van der Waals surface area contributed by atoms with Gasteiger partial charge >= 0.3 is 0 Å². The Balaban J connectivity index is 1.67. The third kappa shape index (κ3) is 2.45. The molecule has 4 nitrogen and oxygen atoms in total. The molecular weight excluding hydrogens is 248 g/mol. The maximum atomic E-state index is 6.10. The number of hydrogen-bond donors (Lipinski definition) is 1. The summed E-state index contributed by atoms with van der Waals surface area (Å²) in [6.45, 7) is 4.43. The Morgan fingerprint density at radius 3 is 2.94 bits per heavy atom. The summed E-state index contributed by atoms with van der Waals surface area (Å²) >= 11 is 6.10. The lowest BCUT2D eigenvalue weighted by molar-refractivity contribution is 0.326. The first kappa shape index (κ1) is 12.2. The predicted octanol–water partition coefficient (Wildman–Crippen LogP) is 2.34. The van der Waals surface area contributed by atoms with E-state index in [-0.39, 0.29) is 0 Å². The van der Waals surface area contributed by atoms with Gasteiger partial charge in [-0.25, -0.2) is 9.97 Å². The fourth-order valence-electron chi connectivity index (χ4n) is 2.70. The molecule has 0 aromatic carbocycles. The molecule has 1 saturated heterocycles. The lowest BCUT2D eigenvalue weighted by atomic mass is 10.2. The predicted molar refractivity (Wildman–Crippen MR) is 73.0 cm³/mol. The average molecular weight is 267 g/mol. The van der Waals surface area contributed by atoms with Gasteiger partial charge in [0.25, 0.3) is 0 Å². The average Bonchev–Trinajstić information content (AvgIpc) is 3.11. The standard InChI is InChI=1S/C13H19ClN4/c1-2-11-12(14)15-8-16-13(11)17-9-5-6-18(7-9)10-3-4-10/h8-10H,2-7H2,1H3,(H,15,16,17). The minimum absolute atomic E-state index is 0.502. The van der Waals surface area contributed by atoms with Crippen molar-refractivity contribution in [1.82, 2.24) is 14.9 Å². The Morgan fingerprint density at radius 2 is 2.22 bits per heavy atom. The Kier molecular flexibility index (Phi) is 3.39. The van der Waals surface area contributed by atoms with E-state index < -0.39 is 0 Å². The molecule has 0 radical (unpaired) electrons. The second-order valence-electron chi connectivity index (χ2n) is 5.20. The Morgan fingerprint density at radius 1 is 1.39 bits per heavy atom. The van der Waals surface area contributed by atoms with Crippen molar-refractivity contribution in [1.29, 1.82) is 0 Å². The maximum Gasteiger partial charge on any atom is 0.137 e. The van der Waals surface area contributed by atoms with E-state index in [1.807, 2.05) is 0 Å². The Bertz CT molecular complexity index is 433. The topological polar surface area (TPSA) is 41.1 Å². The van der Waals surface area contributed by atoms with Crippen LogP contribution in [0.15, 0.2) is 6.33 Å². The molecule has 98 valence electrons. The van der Waals surface area contributed by atoms with Crippen molar-refractivity contribution in [2.24, 2.45) is 0 Å². The van der Waals surface area contributed by atoms with Crippen molar-refractivity contribution in [2.75, 3.05) is 18.4 Å². The van der Waals surface area contributed by atoms with Crippen LogP contribution in [-0.2, 0) is 6.42 Å². The summed E-state index contributed by atoms with van der Waals surface area (Å²) in [7, 11) is 0. The van der Waals surface area contributed by atoms with E-state index in [0.29, 0.717) is 11.2 Å². The van der Waals surface area contributed by atoms with Crippen LogP contribution >= 0.6 is 11.6 Å². The molecule has 1 N–H and O–H groups in total. The summed E-state index contributed by atoms with van der Waals surface area (Å²) in [5.74, 6) is 0.917. The van der Waals surface area contributed by atoms with Crippen LogP contribution in [0.4, 0.5) is 5.82 Å². The van der Waals surface area contributed by atoms with E-state index in [4.69, 9.17) is 11.6 Å². The van der Waals surface area contributed by atoms with Gasteiger partial charge in [0.15, 0.2) is 0 Å². The van der Waals surface area contributed by atoms with Crippen molar-refractivity contribution < 1.29 is 0 Å². The SMILES string of the molecule is CCc1c(Cl)ncnc1NC1CCN(C2CC2)C1. The zero-order valence-electron chi connectivity index (χ0n) is 10.7. The number of halogens is 1. The number of hydrogen-bond acceptors (Lipinski definition) is 4. The van der Waals surface area contributed by atoms with Gasteiger partial charge in [0.05, 0.1) is 0 Å². The van der Waals surface area contributed by atoms with Gasteiger partial charge < -0.3 is 5.32 Å². The van der Waals surface area contributed by atoms with Crippen LogP contribution in [0.1, 0.15) is 31.7 Å². The second-order valence-corrected chi connectivity index (χ2v) is 5.56. The van der Waals surface area contributed by atoms with Crippen molar-refractivity contribution in [3.63, 3.8) is 0 Å². The summed E-state index contributed by atoms with van der Waals surface area (Å²) < 4.78 is 0. The molecule has 2 aliphatic rings. The molecule has 0 amide bonds. The minimum Gasteiger partial charge on any atom is -0.366 e. The number of aromatic nitrogens is 2. The number of anilines is 1. The number of nitrogens with one attached hydrogen (secondary N) is 1. The van der Waals surface area contributed by atoms with E-state index in [1.165, 1.54) is 32.1 Å². The molecule has 2 fully saturated rings. The van der Waals surface area contributed by atoms with Crippen LogP contribution in [0.5, 0.6) is 0 Å². The van der Waals surface area contributed by atoms with Gasteiger partial charge in [-0.05, 0) is 25.7 Å². The molecule has 1 saturated carbocycles. The highest BCUT2D eigenvalue weighted by Gasteiger charge is 2.34. The van der Waals surface area contributed by atoms with Gasteiger partial charge in [-0.15, -0.1) is 0 Å². The quantitative estimate of drug-likeness (QED) is 0.850. The fourth-order valence-corrected chi connectivity index (χ4v) is 2.97. The van der Waals surface area contributed by atoms with Crippen molar-refractivity contribution >= 4 is 17.4 Å². The number of likely N-dealkylation sites (tertiary alicyclic amines) is 1. The molecule has 3 rings (SSSR count). The molecule has 18 heavy (non-hydrogen) atoms. The minimum atomic E-state index is 0.502. The number of rotatable bonds is 4. The van der Waals surface area contributed by atoms with Gasteiger partial charge in [-0.1, -0.05) is 18.5 Å². The summed E-state index contributed by atoms with van der Waals surface area (Å²) in [5.41, 5.74) is 1.03. The van der Waals surface area contributed by atoms with Crippen LogP contribution in [0.25, 0.3) is 0 Å². The molecule has 0 bridgehead atoms. The van der Waals surface area contributed by atoms with Gasteiger partial charge in [-0.3, -0.25) is 4.90 Å². The largest absolute Gasteiger partial charge is 0.366 e. The third-order valence-electron chi connectivity index (χ3n) is 3.87. The van der Waals surface area contributed by atoms with Crippen LogP contribution in [0.2, 0.25) is 5.15 Å². The first-order valence-electron chi connectivity index (χ1n) is 6.78. The molecule has 2 heterocycles. The molecule has 0 spiro atoms. The molecule has 1 aromatic rings. The van der Waals surface area contributed by atoms with Gasteiger partial charge in [-0.2, -0.15) is 0 Å². The highest BCUT2D eigenvalue weighted by Crippen LogP contribution is 2.31. The van der Waals surface area contributed by atoms with Crippen LogP contribution in [0.3, 0.4) is 0 Å². The first-order valence-corrected chi connectivity index (χ1v) is 7.15. The Labute approximate surface area is 113 Å². The van der Waals surface area contributed by atoms with Crippen molar-refractivity contribution in [2.45, 2.75) is 44.7 Å². The van der Waals surface area contributed by atoms with Crippen LogP contribution < -0.4 is 5.32 Å². The second kappa shape index (κ2) is 5.02. The smallest absolute Gasteiger partial charge is 0.137 e. The first-order chi connectivity index (χ1) is 8.78. The van der Waals surface area contributed by atoms with E-state index in [9.17, 15) is 0 Å². The monoisotopic (exact) mass is 266 g/mol. The molecule has 1 aliphatic heterocycles.